The second kappa shape index (κ2) is 8.44. The predicted octanol–water partition coefficient (Wildman–Crippen LogP) is 3.88. The van der Waals surface area contributed by atoms with Crippen molar-refractivity contribution in [2.45, 2.75) is 42.6 Å². The molecule has 1 aromatic heterocycles. The number of sulfone groups is 1. The molecule has 1 atom stereocenters. The minimum atomic E-state index is -3.54. The van der Waals surface area contributed by atoms with Crippen LogP contribution >= 0.6 is 11.3 Å². The Labute approximate surface area is 147 Å². The summed E-state index contributed by atoms with van der Waals surface area (Å²) < 4.78 is 26.3. The Morgan fingerprint density at radius 2 is 1.92 bits per heavy atom. The summed E-state index contributed by atoms with van der Waals surface area (Å²) in [7, 11) is -3.54. The highest BCUT2D eigenvalue weighted by Gasteiger charge is 2.30. The van der Waals surface area contributed by atoms with Crippen LogP contribution in [0, 0.1) is 6.92 Å². The van der Waals surface area contributed by atoms with Crippen molar-refractivity contribution in [1.82, 2.24) is 5.32 Å². The molecule has 0 aliphatic heterocycles. The van der Waals surface area contributed by atoms with Crippen molar-refractivity contribution in [1.29, 1.82) is 0 Å². The van der Waals surface area contributed by atoms with Gasteiger partial charge in [-0.3, -0.25) is 4.79 Å². The molecule has 2 aromatic rings. The first-order chi connectivity index (χ1) is 11.4. The Balaban J connectivity index is 2.25. The Morgan fingerprint density at radius 1 is 1.21 bits per heavy atom. The largest absolute Gasteiger partial charge is 0.354 e. The number of unbranched alkanes of at least 4 members (excludes halogenated alkanes) is 1. The molecule has 1 heterocycles. The van der Waals surface area contributed by atoms with Crippen LogP contribution in [0.25, 0.3) is 0 Å². The fourth-order valence-corrected chi connectivity index (χ4v) is 5.25. The lowest BCUT2D eigenvalue weighted by atomic mass is 10.1. The highest BCUT2D eigenvalue weighted by Crippen LogP contribution is 2.31. The Morgan fingerprint density at radius 3 is 2.50 bits per heavy atom. The molecule has 130 valence electrons. The summed E-state index contributed by atoms with van der Waals surface area (Å²) in [6.45, 7) is 4.06. The van der Waals surface area contributed by atoms with Crippen molar-refractivity contribution in [3.63, 3.8) is 0 Å². The van der Waals surface area contributed by atoms with E-state index in [1.807, 2.05) is 38.1 Å². The van der Waals surface area contributed by atoms with Gasteiger partial charge >= 0.3 is 0 Å². The van der Waals surface area contributed by atoms with E-state index in [2.05, 4.69) is 5.32 Å². The van der Waals surface area contributed by atoms with E-state index in [9.17, 15) is 13.2 Å². The van der Waals surface area contributed by atoms with Gasteiger partial charge in [0.05, 0.1) is 0 Å². The number of benzene rings is 1. The average molecular weight is 366 g/mol. The van der Waals surface area contributed by atoms with Crippen molar-refractivity contribution in [3.8, 4) is 0 Å². The quantitative estimate of drug-likeness (QED) is 0.772. The van der Waals surface area contributed by atoms with E-state index in [0.717, 1.165) is 18.4 Å². The van der Waals surface area contributed by atoms with Gasteiger partial charge in [0.15, 0.2) is 9.84 Å². The summed E-state index contributed by atoms with van der Waals surface area (Å²) in [4.78, 5) is 11.9. The number of nitrogens with one attached hydrogen (secondary N) is 1. The minimum absolute atomic E-state index is 0.0891. The Bertz CT molecular complexity index is 750. The van der Waals surface area contributed by atoms with E-state index in [-0.39, 0.29) is 12.5 Å². The number of amides is 1. The van der Waals surface area contributed by atoms with Crippen LogP contribution in [0.1, 0.15) is 42.6 Å². The van der Waals surface area contributed by atoms with Crippen LogP contribution in [0.15, 0.2) is 46.0 Å². The maximum atomic E-state index is 13.0. The number of carbonyl (C=O) groups excluding carboxylic acids is 1. The molecular formula is C18H23NO3S2. The van der Waals surface area contributed by atoms with Gasteiger partial charge in [-0.25, -0.2) is 8.42 Å². The fraction of sp³-hybridized carbons (Fsp3) is 0.389. The van der Waals surface area contributed by atoms with Crippen LogP contribution in [0.5, 0.6) is 0 Å². The molecule has 0 aliphatic carbocycles. The fourth-order valence-electron chi connectivity index (χ4n) is 2.39. The first-order valence-electron chi connectivity index (χ1n) is 8.05. The van der Waals surface area contributed by atoms with Crippen LogP contribution in [-0.4, -0.2) is 20.9 Å². The van der Waals surface area contributed by atoms with E-state index in [1.54, 1.807) is 17.5 Å². The molecule has 4 nitrogen and oxygen atoms in total. The minimum Gasteiger partial charge on any atom is -0.354 e. The number of rotatable bonds is 8. The van der Waals surface area contributed by atoms with Crippen LogP contribution in [0.3, 0.4) is 0 Å². The summed E-state index contributed by atoms with van der Waals surface area (Å²) in [6, 6.07) is 10.8. The summed E-state index contributed by atoms with van der Waals surface area (Å²) in [5.41, 5.74) is 1.77. The summed E-state index contributed by atoms with van der Waals surface area (Å²) in [6.07, 6.45) is 2.16. The lowest BCUT2D eigenvalue weighted by Crippen LogP contribution is -2.31. The lowest BCUT2D eigenvalue weighted by molar-refractivity contribution is -0.121. The SMILES string of the molecule is CCCCC(=O)NC[C@@H](c1ccc(C)cc1)S(=O)(=O)c1cccs1. The smallest absolute Gasteiger partial charge is 0.220 e. The molecule has 0 bridgehead atoms. The van der Waals surface area contributed by atoms with E-state index in [0.29, 0.717) is 16.2 Å². The average Bonchev–Trinajstić information content (AvgIpc) is 3.10. The summed E-state index contributed by atoms with van der Waals surface area (Å²) >= 11 is 1.20. The maximum Gasteiger partial charge on any atom is 0.220 e. The predicted molar refractivity (Wildman–Crippen MR) is 98.0 cm³/mol. The van der Waals surface area contributed by atoms with E-state index in [1.165, 1.54) is 11.3 Å². The van der Waals surface area contributed by atoms with Crippen molar-refractivity contribution >= 4 is 27.1 Å². The van der Waals surface area contributed by atoms with Crippen LogP contribution in [0.2, 0.25) is 0 Å². The molecule has 0 fully saturated rings. The number of hydrogen-bond donors (Lipinski definition) is 1. The standard InChI is InChI=1S/C18H23NO3S2/c1-3-4-6-17(20)19-13-16(15-10-8-14(2)9-11-15)24(21,22)18-7-5-12-23-18/h5,7-12,16H,3-4,6,13H2,1-2H3,(H,19,20)/t16-/m0/s1. The second-order valence-corrected chi connectivity index (χ2v) is 9.09. The zero-order chi connectivity index (χ0) is 17.6. The van der Waals surface area contributed by atoms with Crippen LogP contribution in [-0.2, 0) is 14.6 Å². The van der Waals surface area contributed by atoms with Crippen molar-refractivity contribution < 1.29 is 13.2 Å². The molecule has 0 unspecified atom stereocenters. The zero-order valence-corrected chi connectivity index (χ0v) is 15.6. The van der Waals surface area contributed by atoms with Gasteiger partial charge in [-0.1, -0.05) is 49.2 Å². The Kier molecular flexibility index (Phi) is 6.57. The Hall–Kier alpha value is -1.66. The molecule has 0 saturated heterocycles. The van der Waals surface area contributed by atoms with Gasteiger partial charge in [0.1, 0.15) is 9.46 Å². The van der Waals surface area contributed by atoms with Crippen molar-refractivity contribution in [3.05, 3.63) is 52.9 Å². The molecule has 1 aromatic carbocycles. The highest BCUT2D eigenvalue weighted by molar-refractivity contribution is 7.93. The number of aryl methyl sites for hydroxylation is 1. The third kappa shape index (κ3) is 4.68. The van der Waals surface area contributed by atoms with Gasteiger partial charge in [0, 0.05) is 13.0 Å². The summed E-state index contributed by atoms with van der Waals surface area (Å²) in [5.74, 6) is -0.102. The molecule has 0 radical (unpaired) electrons. The monoisotopic (exact) mass is 365 g/mol. The summed E-state index contributed by atoms with van der Waals surface area (Å²) in [5, 5.41) is 3.76. The third-order valence-corrected chi connectivity index (χ3v) is 7.37. The number of carbonyl (C=O) groups is 1. The second-order valence-electron chi connectivity index (χ2n) is 5.78. The molecule has 2 rings (SSSR count). The van der Waals surface area contributed by atoms with E-state index in [4.69, 9.17) is 0 Å². The molecule has 0 aliphatic rings. The molecule has 0 spiro atoms. The maximum absolute atomic E-state index is 13.0. The third-order valence-electron chi connectivity index (χ3n) is 3.84. The van der Waals surface area contributed by atoms with Crippen molar-refractivity contribution in [2.75, 3.05) is 6.54 Å². The van der Waals surface area contributed by atoms with Gasteiger partial charge in [0.25, 0.3) is 0 Å². The topological polar surface area (TPSA) is 63.2 Å². The molecule has 24 heavy (non-hydrogen) atoms. The first kappa shape index (κ1) is 18.7. The normalized spacial score (nSPS) is 12.8. The van der Waals surface area contributed by atoms with Crippen LogP contribution in [0.4, 0.5) is 0 Å². The van der Waals surface area contributed by atoms with E-state index < -0.39 is 15.1 Å². The number of hydrogen-bond acceptors (Lipinski definition) is 4. The zero-order valence-electron chi connectivity index (χ0n) is 14.0. The molecule has 6 heteroatoms. The first-order valence-corrected chi connectivity index (χ1v) is 10.5. The van der Waals surface area contributed by atoms with Gasteiger partial charge in [-0.2, -0.15) is 0 Å². The van der Waals surface area contributed by atoms with Gasteiger partial charge in [-0.05, 0) is 30.4 Å². The lowest BCUT2D eigenvalue weighted by Gasteiger charge is -2.18. The van der Waals surface area contributed by atoms with E-state index >= 15 is 0 Å². The van der Waals surface area contributed by atoms with Gasteiger partial charge in [0.2, 0.25) is 5.91 Å². The molecule has 1 N–H and O–H groups in total. The van der Waals surface area contributed by atoms with Gasteiger partial charge < -0.3 is 5.32 Å². The molecule has 0 saturated carbocycles. The highest BCUT2D eigenvalue weighted by atomic mass is 32.2. The van der Waals surface area contributed by atoms with Crippen molar-refractivity contribution in [2.24, 2.45) is 0 Å². The molecule has 1 amide bonds. The molecular weight excluding hydrogens is 342 g/mol. The van der Waals surface area contributed by atoms with Crippen LogP contribution < -0.4 is 5.32 Å². The number of thiophene rings is 1. The van der Waals surface area contributed by atoms with Gasteiger partial charge in [-0.15, -0.1) is 11.3 Å².